The molecule has 1 unspecified atom stereocenters. The van der Waals surface area contributed by atoms with Gasteiger partial charge in [0.1, 0.15) is 5.75 Å². The van der Waals surface area contributed by atoms with Gasteiger partial charge >= 0.3 is 0 Å². The van der Waals surface area contributed by atoms with Crippen molar-refractivity contribution in [2.24, 2.45) is 0 Å². The molecule has 1 heterocycles. The molecule has 0 aliphatic carbocycles. The highest BCUT2D eigenvalue weighted by atomic mass is 32.2. The van der Waals surface area contributed by atoms with Crippen LogP contribution in [0.2, 0.25) is 0 Å². The Balaban J connectivity index is 1.93. The van der Waals surface area contributed by atoms with Gasteiger partial charge in [-0.25, -0.2) is 13.1 Å². The summed E-state index contributed by atoms with van der Waals surface area (Å²) in [5, 5.41) is 0. The first-order valence-corrected chi connectivity index (χ1v) is 8.77. The van der Waals surface area contributed by atoms with Gasteiger partial charge in [-0.3, -0.25) is 0 Å². The Morgan fingerprint density at radius 2 is 1.91 bits per heavy atom. The first kappa shape index (κ1) is 15.1. The van der Waals surface area contributed by atoms with Gasteiger partial charge in [0.05, 0.1) is 17.5 Å². The summed E-state index contributed by atoms with van der Waals surface area (Å²) in [6.45, 7) is 4.28. The maximum Gasteiger partial charge on any atom is 0.241 e. The SMILES string of the molecule is Cc1ccc(S(=O)(=O)NC2CCOc3ccccc32)c(C)c1. The fourth-order valence-electron chi connectivity index (χ4n) is 2.82. The van der Waals surface area contributed by atoms with Crippen LogP contribution in [0.3, 0.4) is 0 Å². The van der Waals surface area contributed by atoms with Crippen LogP contribution in [0.4, 0.5) is 0 Å². The largest absolute Gasteiger partial charge is 0.493 e. The minimum absolute atomic E-state index is 0.254. The summed E-state index contributed by atoms with van der Waals surface area (Å²) in [6.07, 6.45) is 0.626. The second kappa shape index (κ2) is 5.74. The molecule has 0 fully saturated rings. The maximum absolute atomic E-state index is 12.7. The standard InChI is InChI=1S/C17H19NO3S/c1-12-7-8-17(13(2)11-12)22(19,20)18-15-9-10-21-16-6-4-3-5-14(15)16/h3-8,11,15,18H,9-10H2,1-2H3. The predicted molar refractivity (Wildman–Crippen MR) is 85.5 cm³/mol. The molecule has 0 spiro atoms. The van der Waals surface area contributed by atoms with Gasteiger partial charge in [-0.1, -0.05) is 35.9 Å². The van der Waals surface area contributed by atoms with Crippen LogP contribution < -0.4 is 9.46 Å². The summed E-state index contributed by atoms with van der Waals surface area (Å²) >= 11 is 0. The van der Waals surface area contributed by atoms with Crippen LogP contribution in [0, 0.1) is 13.8 Å². The number of aryl methyl sites for hydroxylation is 2. The third-order valence-electron chi connectivity index (χ3n) is 3.88. The molecule has 4 nitrogen and oxygen atoms in total. The van der Waals surface area contributed by atoms with Crippen molar-refractivity contribution in [1.82, 2.24) is 4.72 Å². The summed E-state index contributed by atoms with van der Waals surface area (Å²) in [5.74, 6) is 0.752. The lowest BCUT2D eigenvalue weighted by Gasteiger charge is -2.26. The number of fused-ring (bicyclic) bond motifs is 1. The number of para-hydroxylation sites is 1. The van der Waals surface area contributed by atoms with E-state index in [1.54, 1.807) is 6.07 Å². The summed E-state index contributed by atoms with van der Waals surface area (Å²) in [7, 11) is -3.56. The topological polar surface area (TPSA) is 55.4 Å². The highest BCUT2D eigenvalue weighted by Crippen LogP contribution is 2.32. The number of sulfonamides is 1. The van der Waals surface area contributed by atoms with Crippen molar-refractivity contribution >= 4 is 10.0 Å². The highest BCUT2D eigenvalue weighted by Gasteiger charge is 2.27. The van der Waals surface area contributed by atoms with Crippen LogP contribution in [0.15, 0.2) is 47.4 Å². The molecule has 0 saturated heterocycles. The Morgan fingerprint density at radius 3 is 2.68 bits per heavy atom. The third-order valence-corrected chi connectivity index (χ3v) is 5.51. The van der Waals surface area contributed by atoms with Crippen LogP contribution in [-0.2, 0) is 10.0 Å². The van der Waals surface area contributed by atoms with Crippen molar-refractivity contribution in [2.75, 3.05) is 6.61 Å². The van der Waals surface area contributed by atoms with Crippen molar-refractivity contribution in [3.05, 3.63) is 59.2 Å². The minimum Gasteiger partial charge on any atom is -0.493 e. The van der Waals surface area contributed by atoms with E-state index in [-0.39, 0.29) is 6.04 Å². The van der Waals surface area contributed by atoms with E-state index < -0.39 is 10.0 Å². The Bertz CT molecular complexity index is 799. The Morgan fingerprint density at radius 1 is 1.14 bits per heavy atom. The van der Waals surface area contributed by atoms with Crippen molar-refractivity contribution in [2.45, 2.75) is 31.2 Å². The van der Waals surface area contributed by atoms with Crippen molar-refractivity contribution in [3.8, 4) is 5.75 Å². The molecule has 0 radical (unpaired) electrons. The van der Waals surface area contributed by atoms with Gasteiger partial charge in [-0.15, -0.1) is 0 Å². The molecule has 1 atom stereocenters. The van der Waals surface area contributed by atoms with Gasteiger partial charge in [0.25, 0.3) is 0 Å². The average Bonchev–Trinajstić information content (AvgIpc) is 2.47. The normalized spacial score (nSPS) is 17.6. The van der Waals surface area contributed by atoms with Gasteiger partial charge in [0.15, 0.2) is 0 Å². The molecule has 1 aliphatic rings. The number of nitrogens with one attached hydrogen (secondary N) is 1. The first-order valence-electron chi connectivity index (χ1n) is 7.29. The number of benzene rings is 2. The maximum atomic E-state index is 12.7. The van der Waals surface area contributed by atoms with Gasteiger partial charge in [-0.05, 0) is 31.5 Å². The van der Waals surface area contributed by atoms with E-state index >= 15 is 0 Å². The van der Waals surface area contributed by atoms with E-state index in [9.17, 15) is 8.42 Å². The van der Waals surface area contributed by atoms with E-state index in [0.29, 0.717) is 17.9 Å². The van der Waals surface area contributed by atoms with E-state index in [4.69, 9.17) is 4.74 Å². The monoisotopic (exact) mass is 317 g/mol. The second-order valence-corrected chi connectivity index (χ2v) is 7.30. The molecule has 1 aliphatic heterocycles. The number of hydrogen-bond donors (Lipinski definition) is 1. The molecule has 2 aromatic carbocycles. The lowest BCUT2D eigenvalue weighted by Crippen LogP contribution is -2.32. The number of rotatable bonds is 3. The summed E-state index contributed by atoms with van der Waals surface area (Å²) in [5.41, 5.74) is 2.70. The quantitative estimate of drug-likeness (QED) is 0.946. The molecule has 0 saturated carbocycles. The van der Waals surface area contributed by atoms with Crippen LogP contribution in [0.5, 0.6) is 5.75 Å². The number of ether oxygens (including phenoxy) is 1. The van der Waals surface area contributed by atoms with E-state index in [1.165, 1.54) is 0 Å². The molecule has 0 bridgehead atoms. The Labute approximate surface area is 131 Å². The minimum atomic E-state index is -3.56. The lowest BCUT2D eigenvalue weighted by atomic mass is 10.0. The zero-order valence-electron chi connectivity index (χ0n) is 12.7. The molecule has 22 heavy (non-hydrogen) atoms. The Hall–Kier alpha value is -1.85. The molecule has 0 amide bonds. The van der Waals surface area contributed by atoms with Crippen molar-refractivity contribution in [1.29, 1.82) is 0 Å². The zero-order chi connectivity index (χ0) is 15.7. The first-order chi connectivity index (χ1) is 10.5. The van der Waals surface area contributed by atoms with E-state index in [2.05, 4.69) is 4.72 Å². The van der Waals surface area contributed by atoms with Crippen LogP contribution in [0.1, 0.15) is 29.2 Å². The summed E-state index contributed by atoms with van der Waals surface area (Å²) in [6, 6.07) is 12.7. The zero-order valence-corrected chi connectivity index (χ0v) is 13.5. The molecule has 0 aromatic heterocycles. The smallest absolute Gasteiger partial charge is 0.241 e. The molecule has 5 heteroatoms. The van der Waals surface area contributed by atoms with Crippen LogP contribution >= 0.6 is 0 Å². The molecular formula is C17H19NO3S. The fourth-order valence-corrected chi connectivity index (χ4v) is 4.29. The van der Waals surface area contributed by atoms with Crippen LogP contribution in [0.25, 0.3) is 0 Å². The highest BCUT2D eigenvalue weighted by molar-refractivity contribution is 7.89. The molecule has 3 rings (SSSR count). The average molecular weight is 317 g/mol. The van der Waals surface area contributed by atoms with Gasteiger partial charge in [0.2, 0.25) is 10.0 Å². The van der Waals surface area contributed by atoms with Gasteiger partial charge < -0.3 is 4.74 Å². The fraction of sp³-hybridized carbons (Fsp3) is 0.294. The van der Waals surface area contributed by atoms with E-state index in [0.717, 1.165) is 22.4 Å². The summed E-state index contributed by atoms with van der Waals surface area (Å²) in [4.78, 5) is 0.335. The second-order valence-electron chi connectivity index (χ2n) is 5.62. The molecule has 116 valence electrons. The molecule has 1 N–H and O–H groups in total. The number of hydrogen-bond acceptors (Lipinski definition) is 3. The summed E-state index contributed by atoms with van der Waals surface area (Å²) < 4.78 is 33.8. The Kier molecular flexibility index (Phi) is 3.93. The van der Waals surface area contributed by atoms with Crippen molar-refractivity contribution < 1.29 is 13.2 Å². The van der Waals surface area contributed by atoms with E-state index in [1.807, 2.05) is 50.2 Å². The van der Waals surface area contributed by atoms with Gasteiger partial charge in [0, 0.05) is 12.0 Å². The third kappa shape index (κ3) is 2.87. The van der Waals surface area contributed by atoms with Gasteiger partial charge in [-0.2, -0.15) is 0 Å². The lowest BCUT2D eigenvalue weighted by molar-refractivity contribution is 0.263. The van der Waals surface area contributed by atoms with Crippen molar-refractivity contribution in [3.63, 3.8) is 0 Å². The molecular weight excluding hydrogens is 298 g/mol. The van der Waals surface area contributed by atoms with Crippen LogP contribution in [-0.4, -0.2) is 15.0 Å². The molecule has 2 aromatic rings. The predicted octanol–water partition coefficient (Wildman–Crippen LogP) is 3.11.